The fraction of sp³-hybridized carbons (Fsp3) is 0.182. The topological polar surface area (TPSA) is 54.0 Å². The van der Waals surface area contributed by atoms with Crippen molar-refractivity contribution < 1.29 is 9.18 Å². The SMILES string of the molecule is Cc1ccccc1CC(=O)Nc1ccc(NCCc2ccc(F)cc2)nc1. The minimum absolute atomic E-state index is 0.0666. The van der Waals surface area contributed by atoms with Crippen LogP contribution in [0.3, 0.4) is 0 Å². The number of nitrogens with zero attached hydrogens (tertiary/aromatic N) is 1. The molecule has 138 valence electrons. The van der Waals surface area contributed by atoms with Crippen LogP contribution < -0.4 is 10.6 Å². The van der Waals surface area contributed by atoms with Gasteiger partial charge < -0.3 is 10.6 Å². The van der Waals surface area contributed by atoms with Crippen LogP contribution in [0.1, 0.15) is 16.7 Å². The van der Waals surface area contributed by atoms with Crippen LogP contribution >= 0.6 is 0 Å². The first-order valence-corrected chi connectivity index (χ1v) is 8.89. The quantitative estimate of drug-likeness (QED) is 0.656. The molecule has 0 fully saturated rings. The molecule has 0 unspecified atom stereocenters. The number of rotatable bonds is 7. The van der Waals surface area contributed by atoms with Crippen LogP contribution in [0.25, 0.3) is 0 Å². The van der Waals surface area contributed by atoms with E-state index < -0.39 is 0 Å². The van der Waals surface area contributed by atoms with Gasteiger partial charge in [0, 0.05) is 6.54 Å². The zero-order chi connectivity index (χ0) is 19.1. The predicted molar refractivity (Wildman–Crippen MR) is 106 cm³/mol. The molecule has 0 radical (unpaired) electrons. The van der Waals surface area contributed by atoms with Crippen molar-refractivity contribution in [3.8, 4) is 0 Å². The lowest BCUT2D eigenvalue weighted by Crippen LogP contribution is -2.15. The molecule has 2 aromatic carbocycles. The lowest BCUT2D eigenvalue weighted by atomic mass is 10.1. The van der Waals surface area contributed by atoms with Gasteiger partial charge in [-0.2, -0.15) is 0 Å². The summed E-state index contributed by atoms with van der Waals surface area (Å²) in [4.78, 5) is 16.5. The number of nitrogens with one attached hydrogen (secondary N) is 2. The summed E-state index contributed by atoms with van der Waals surface area (Å²) in [5.74, 6) is 0.436. The number of amides is 1. The monoisotopic (exact) mass is 363 g/mol. The number of halogens is 1. The Morgan fingerprint density at radius 2 is 1.81 bits per heavy atom. The number of benzene rings is 2. The van der Waals surface area contributed by atoms with Gasteiger partial charge in [0.15, 0.2) is 0 Å². The zero-order valence-corrected chi connectivity index (χ0v) is 15.2. The van der Waals surface area contributed by atoms with E-state index in [-0.39, 0.29) is 11.7 Å². The van der Waals surface area contributed by atoms with Crippen molar-refractivity contribution in [3.05, 3.63) is 89.4 Å². The first kappa shape index (κ1) is 18.6. The Labute approximate surface area is 158 Å². The summed E-state index contributed by atoms with van der Waals surface area (Å²) in [6, 6.07) is 18.0. The number of carbonyl (C=O) groups is 1. The predicted octanol–water partition coefficient (Wildman–Crippen LogP) is 4.36. The molecule has 0 spiro atoms. The number of pyridine rings is 1. The van der Waals surface area contributed by atoms with Gasteiger partial charge in [-0.3, -0.25) is 4.79 Å². The maximum absolute atomic E-state index is 12.9. The number of anilines is 2. The first-order valence-electron chi connectivity index (χ1n) is 8.89. The Morgan fingerprint density at radius 1 is 1.04 bits per heavy atom. The Hall–Kier alpha value is -3.21. The lowest BCUT2D eigenvalue weighted by molar-refractivity contribution is -0.115. The summed E-state index contributed by atoms with van der Waals surface area (Å²) in [5.41, 5.74) is 3.84. The Bertz CT molecular complexity index is 892. The summed E-state index contributed by atoms with van der Waals surface area (Å²) >= 11 is 0. The summed E-state index contributed by atoms with van der Waals surface area (Å²) in [7, 11) is 0. The molecule has 2 N–H and O–H groups in total. The van der Waals surface area contributed by atoms with Gasteiger partial charge >= 0.3 is 0 Å². The number of hydrogen-bond donors (Lipinski definition) is 2. The van der Waals surface area contributed by atoms with E-state index in [0.717, 1.165) is 28.9 Å². The molecule has 1 amide bonds. The van der Waals surface area contributed by atoms with Crippen LogP contribution in [0.15, 0.2) is 66.9 Å². The van der Waals surface area contributed by atoms with Crippen molar-refractivity contribution in [2.24, 2.45) is 0 Å². The van der Waals surface area contributed by atoms with Gasteiger partial charge in [0.1, 0.15) is 11.6 Å². The summed E-state index contributed by atoms with van der Waals surface area (Å²) in [6.45, 7) is 2.69. The molecule has 3 aromatic rings. The Kier molecular flexibility index (Phi) is 6.15. The second kappa shape index (κ2) is 8.94. The molecular weight excluding hydrogens is 341 g/mol. The van der Waals surface area contributed by atoms with Crippen LogP contribution in [0.4, 0.5) is 15.9 Å². The smallest absolute Gasteiger partial charge is 0.228 e. The lowest BCUT2D eigenvalue weighted by Gasteiger charge is -2.09. The highest BCUT2D eigenvalue weighted by Crippen LogP contribution is 2.12. The summed E-state index contributed by atoms with van der Waals surface area (Å²) in [6.07, 6.45) is 2.75. The zero-order valence-electron chi connectivity index (χ0n) is 15.2. The highest BCUT2D eigenvalue weighted by atomic mass is 19.1. The molecule has 0 aliphatic carbocycles. The van der Waals surface area contributed by atoms with E-state index in [9.17, 15) is 9.18 Å². The number of aryl methyl sites for hydroxylation is 1. The standard InChI is InChI=1S/C22H22FN3O/c1-16-4-2-3-5-18(16)14-22(27)26-20-10-11-21(25-15-20)24-13-12-17-6-8-19(23)9-7-17/h2-11,15H,12-14H2,1H3,(H,24,25)(H,26,27). The van der Waals surface area contributed by atoms with Crippen molar-refractivity contribution >= 4 is 17.4 Å². The van der Waals surface area contributed by atoms with Gasteiger partial charge in [-0.15, -0.1) is 0 Å². The molecule has 0 aliphatic rings. The molecular formula is C22H22FN3O. The van der Waals surface area contributed by atoms with Gasteiger partial charge in [0.05, 0.1) is 18.3 Å². The molecule has 5 heteroatoms. The van der Waals surface area contributed by atoms with Crippen molar-refractivity contribution in [1.82, 2.24) is 4.98 Å². The largest absolute Gasteiger partial charge is 0.370 e. The highest BCUT2D eigenvalue weighted by molar-refractivity contribution is 5.92. The Balaban J connectivity index is 1.47. The van der Waals surface area contributed by atoms with Gasteiger partial charge in [-0.25, -0.2) is 9.37 Å². The molecule has 1 aromatic heterocycles. The second-order valence-electron chi connectivity index (χ2n) is 6.39. The van der Waals surface area contributed by atoms with Gasteiger partial charge in [-0.05, 0) is 54.3 Å². The molecule has 0 aliphatic heterocycles. The molecule has 0 saturated carbocycles. The normalized spacial score (nSPS) is 10.4. The maximum Gasteiger partial charge on any atom is 0.228 e. The van der Waals surface area contributed by atoms with Crippen LogP contribution in [-0.2, 0) is 17.6 Å². The van der Waals surface area contributed by atoms with E-state index in [1.807, 2.05) is 43.3 Å². The number of carbonyl (C=O) groups excluding carboxylic acids is 1. The van der Waals surface area contributed by atoms with Gasteiger partial charge in [0.2, 0.25) is 5.91 Å². The van der Waals surface area contributed by atoms with Crippen LogP contribution in [0.5, 0.6) is 0 Å². The molecule has 4 nitrogen and oxygen atoms in total. The van der Waals surface area contributed by atoms with Crippen LogP contribution in [0, 0.1) is 12.7 Å². The molecule has 27 heavy (non-hydrogen) atoms. The number of aromatic nitrogens is 1. The fourth-order valence-electron chi connectivity index (χ4n) is 2.74. The van der Waals surface area contributed by atoms with E-state index in [4.69, 9.17) is 0 Å². The molecule has 0 atom stereocenters. The Morgan fingerprint density at radius 3 is 2.52 bits per heavy atom. The van der Waals surface area contributed by atoms with E-state index in [2.05, 4.69) is 15.6 Å². The van der Waals surface area contributed by atoms with E-state index >= 15 is 0 Å². The van der Waals surface area contributed by atoms with Crippen molar-refractivity contribution in [2.45, 2.75) is 19.8 Å². The van der Waals surface area contributed by atoms with Gasteiger partial charge in [-0.1, -0.05) is 36.4 Å². The third-order valence-electron chi connectivity index (χ3n) is 4.29. The van der Waals surface area contributed by atoms with Gasteiger partial charge in [0.25, 0.3) is 0 Å². The minimum Gasteiger partial charge on any atom is -0.370 e. The maximum atomic E-state index is 12.9. The minimum atomic E-state index is -0.228. The van der Waals surface area contributed by atoms with Crippen LogP contribution in [-0.4, -0.2) is 17.4 Å². The van der Waals surface area contributed by atoms with E-state index in [1.165, 1.54) is 12.1 Å². The molecule has 3 rings (SSSR count). The van der Waals surface area contributed by atoms with Crippen molar-refractivity contribution in [1.29, 1.82) is 0 Å². The molecule has 0 bridgehead atoms. The average Bonchev–Trinajstić information content (AvgIpc) is 2.67. The second-order valence-corrected chi connectivity index (χ2v) is 6.39. The van der Waals surface area contributed by atoms with E-state index in [0.29, 0.717) is 18.7 Å². The highest BCUT2D eigenvalue weighted by Gasteiger charge is 2.06. The summed E-state index contributed by atoms with van der Waals surface area (Å²) in [5, 5.41) is 6.09. The van der Waals surface area contributed by atoms with Crippen molar-refractivity contribution in [3.63, 3.8) is 0 Å². The van der Waals surface area contributed by atoms with Crippen molar-refractivity contribution in [2.75, 3.05) is 17.2 Å². The number of hydrogen-bond acceptors (Lipinski definition) is 3. The fourth-order valence-corrected chi connectivity index (χ4v) is 2.74. The van der Waals surface area contributed by atoms with E-state index in [1.54, 1.807) is 18.3 Å². The third-order valence-corrected chi connectivity index (χ3v) is 4.29. The third kappa shape index (κ3) is 5.64. The molecule has 1 heterocycles. The molecule has 0 saturated heterocycles. The summed E-state index contributed by atoms with van der Waals surface area (Å²) < 4.78 is 12.9. The first-order chi connectivity index (χ1) is 13.1. The van der Waals surface area contributed by atoms with Crippen LogP contribution in [0.2, 0.25) is 0 Å². The average molecular weight is 363 g/mol.